The molecule has 1 aliphatic heterocycles. The normalized spacial score (nSPS) is 26.6. The zero-order chi connectivity index (χ0) is 16.5. The molecule has 2 heterocycles. The van der Waals surface area contributed by atoms with Gasteiger partial charge in [0.25, 0.3) is 0 Å². The molecule has 0 unspecified atom stereocenters. The molecule has 2 aliphatic carbocycles. The predicted molar refractivity (Wildman–Crippen MR) is 97.4 cm³/mol. The molecule has 2 saturated carbocycles. The summed E-state index contributed by atoms with van der Waals surface area (Å²) in [5.74, 6) is 4.14. The molecule has 0 radical (unpaired) electrons. The largest absolute Gasteiger partial charge is 0.354 e. The van der Waals surface area contributed by atoms with Gasteiger partial charge in [0.15, 0.2) is 0 Å². The maximum atomic E-state index is 12.2. The lowest BCUT2D eigenvalue weighted by Crippen LogP contribution is -2.41. The molecule has 0 spiro atoms. The first-order valence-corrected chi connectivity index (χ1v) is 10.5. The smallest absolute Gasteiger partial charge is 0.221 e. The molecule has 1 saturated heterocycles. The zero-order valence-electron chi connectivity index (χ0n) is 14.3. The van der Waals surface area contributed by atoms with E-state index >= 15 is 0 Å². The van der Waals surface area contributed by atoms with Gasteiger partial charge in [-0.2, -0.15) is 11.8 Å². The molecular weight excluding hydrogens is 320 g/mol. The highest BCUT2D eigenvalue weighted by molar-refractivity contribution is 7.98. The maximum Gasteiger partial charge on any atom is 0.221 e. The molecule has 0 aromatic carbocycles. The summed E-state index contributed by atoms with van der Waals surface area (Å²) in [7, 11) is 0. The Labute approximate surface area is 148 Å². The molecule has 1 N–H and O–H groups in total. The first-order valence-electron chi connectivity index (χ1n) is 9.10. The van der Waals surface area contributed by atoms with Gasteiger partial charge in [0, 0.05) is 48.9 Å². The number of aromatic nitrogens is 2. The van der Waals surface area contributed by atoms with Crippen LogP contribution < -0.4 is 10.2 Å². The third-order valence-corrected chi connectivity index (χ3v) is 6.08. The third kappa shape index (κ3) is 3.68. The van der Waals surface area contributed by atoms with Gasteiger partial charge in [0.1, 0.15) is 12.1 Å². The summed E-state index contributed by atoms with van der Waals surface area (Å²) in [6.45, 7) is 1.90. The topological polar surface area (TPSA) is 58.1 Å². The van der Waals surface area contributed by atoms with Crippen LogP contribution in [0.2, 0.25) is 0 Å². The van der Waals surface area contributed by atoms with Crippen molar-refractivity contribution in [2.45, 2.75) is 44.1 Å². The van der Waals surface area contributed by atoms with Crippen LogP contribution in [0.3, 0.4) is 0 Å². The fraction of sp³-hybridized carbons (Fsp3) is 0.722. The monoisotopic (exact) mass is 346 g/mol. The van der Waals surface area contributed by atoms with E-state index in [1.54, 1.807) is 18.1 Å². The lowest BCUT2D eigenvalue weighted by molar-refractivity contribution is -0.121. The summed E-state index contributed by atoms with van der Waals surface area (Å²) >= 11 is 1.73. The number of hydrogen-bond acceptors (Lipinski definition) is 5. The lowest BCUT2D eigenvalue weighted by atomic mass is 9.98. The van der Waals surface area contributed by atoms with Crippen LogP contribution >= 0.6 is 11.8 Å². The molecule has 24 heavy (non-hydrogen) atoms. The van der Waals surface area contributed by atoms with Crippen molar-refractivity contribution in [1.29, 1.82) is 0 Å². The molecule has 6 heteroatoms. The van der Waals surface area contributed by atoms with Gasteiger partial charge in [-0.15, -0.1) is 0 Å². The predicted octanol–water partition coefficient (Wildman–Crippen LogP) is 2.44. The highest BCUT2D eigenvalue weighted by atomic mass is 32.2. The Balaban J connectivity index is 1.43. The van der Waals surface area contributed by atoms with E-state index in [9.17, 15) is 4.79 Å². The van der Waals surface area contributed by atoms with Crippen molar-refractivity contribution in [1.82, 2.24) is 15.3 Å². The molecule has 0 bridgehead atoms. The fourth-order valence-electron chi connectivity index (χ4n) is 3.78. The molecule has 1 aromatic rings. The summed E-state index contributed by atoms with van der Waals surface area (Å²) in [6.07, 6.45) is 9.52. The van der Waals surface area contributed by atoms with Crippen molar-refractivity contribution >= 4 is 23.5 Å². The van der Waals surface area contributed by atoms with E-state index in [1.165, 1.54) is 31.4 Å². The van der Waals surface area contributed by atoms with Crippen molar-refractivity contribution in [2.24, 2.45) is 11.8 Å². The van der Waals surface area contributed by atoms with Crippen LogP contribution in [0.5, 0.6) is 0 Å². The first-order chi connectivity index (χ1) is 11.7. The minimum absolute atomic E-state index is 0.197. The Bertz CT molecular complexity index is 602. The van der Waals surface area contributed by atoms with Crippen molar-refractivity contribution in [3.8, 4) is 0 Å². The second kappa shape index (κ2) is 6.90. The van der Waals surface area contributed by atoms with Gasteiger partial charge in [-0.1, -0.05) is 0 Å². The summed E-state index contributed by atoms with van der Waals surface area (Å²) in [6, 6.07) is 2.44. The number of hydrogen-bond donors (Lipinski definition) is 1. The molecule has 4 rings (SSSR count). The summed E-state index contributed by atoms with van der Waals surface area (Å²) in [4.78, 5) is 23.5. The quantitative estimate of drug-likeness (QED) is 0.822. The Hall–Kier alpha value is -1.30. The number of amides is 1. The van der Waals surface area contributed by atoms with Crippen molar-refractivity contribution in [3.63, 3.8) is 0 Å². The number of carbonyl (C=O) groups excluding carboxylic acids is 1. The molecule has 1 amide bonds. The van der Waals surface area contributed by atoms with Crippen LogP contribution in [0.25, 0.3) is 0 Å². The molecule has 130 valence electrons. The number of carbonyl (C=O) groups is 1. The van der Waals surface area contributed by atoms with Gasteiger partial charge in [0.2, 0.25) is 5.91 Å². The van der Waals surface area contributed by atoms with E-state index in [0.29, 0.717) is 18.3 Å². The van der Waals surface area contributed by atoms with Crippen LogP contribution in [0.15, 0.2) is 12.4 Å². The Kier molecular flexibility index (Phi) is 4.66. The number of anilines is 1. The van der Waals surface area contributed by atoms with E-state index < -0.39 is 0 Å². The Morgan fingerprint density at radius 3 is 2.83 bits per heavy atom. The fourth-order valence-corrected chi connectivity index (χ4v) is 4.17. The highest BCUT2D eigenvalue weighted by Gasteiger charge is 2.43. The van der Waals surface area contributed by atoms with Gasteiger partial charge < -0.3 is 10.2 Å². The van der Waals surface area contributed by atoms with Crippen LogP contribution in [0.4, 0.5) is 5.82 Å². The van der Waals surface area contributed by atoms with Gasteiger partial charge in [-0.3, -0.25) is 4.79 Å². The van der Waals surface area contributed by atoms with Crippen LogP contribution in [0.1, 0.15) is 43.7 Å². The SMILES string of the molecule is CSCCC(=O)N[C@@H]1CN(c2cc(C3CC3)ncn2)C[C@H]1C1CC1. The van der Waals surface area contributed by atoms with E-state index in [1.807, 2.05) is 6.26 Å². The highest BCUT2D eigenvalue weighted by Crippen LogP contribution is 2.43. The average Bonchev–Trinajstić information content (AvgIpc) is 3.51. The van der Waals surface area contributed by atoms with Crippen LogP contribution in [-0.2, 0) is 4.79 Å². The van der Waals surface area contributed by atoms with Crippen LogP contribution in [-0.4, -0.2) is 47.0 Å². The zero-order valence-corrected chi connectivity index (χ0v) is 15.1. The Morgan fingerprint density at radius 2 is 2.12 bits per heavy atom. The number of nitrogens with one attached hydrogen (secondary N) is 1. The molecule has 3 fully saturated rings. The van der Waals surface area contributed by atoms with E-state index in [-0.39, 0.29) is 11.9 Å². The standard InChI is InChI=1S/C18H26N4OS/c1-24-7-6-18(23)21-16-10-22(9-14(16)12-2-3-12)17-8-15(13-4-5-13)19-11-20-17/h8,11-14,16H,2-7,9-10H2,1H3,(H,21,23)/t14-,16+/m0/s1. The first kappa shape index (κ1) is 16.2. The number of nitrogens with zero attached hydrogens (tertiary/aromatic N) is 3. The summed E-state index contributed by atoms with van der Waals surface area (Å²) < 4.78 is 0. The lowest BCUT2D eigenvalue weighted by Gasteiger charge is -2.19. The van der Waals surface area contributed by atoms with Gasteiger partial charge >= 0.3 is 0 Å². The van der Waals surface area contributed by atoms with E-state index in [2.05, 4.69) is 26.3 Å². The van der Waals surface area contributed by atoms with Crippen molar-refractivity contribution in [3.05, 3.63) is 18.1 Å². The summed E-state index contributed by atoms with van der Waals surface area (Å²) in [5.41, 5.74) is 1.19. The minimum Gasteiger partial charge on any atom is -0.354 e. The minimum atomic E-state index is 0.197. The van der Waals surface area contributed by atoms with Gasteiger partial charge in [-0.25, -0.2) is 9.97 Å². The number of thioether (sulfide) groups is 1. The van der Waals surface area contributed by atoms with Crippen molar-refractivity contribution in [2.75, 3.05) is 30.0 Å². The van der Waals surface area contributed by atoms with Gasteiger partial charge in [0.05, 0.1) is 6.04 Å². The second-order valence-electron chi connectivity index (χ2n) is 7.40. The molecule has 5 nitrogen and oxygen atoms in total. The molecular formula is C18H26N4OS. The molecule has 3 aliphatic rings. The maximum absolute atomic E-state index is 12.2. The average molecular weight is 347 g/mol. The summed E-state index contributed by atoms with van der Waals surface area (Å²) in [5, 5.41) is 3.30. The third-order valence-electron chi connectivity index (χ3n) is 5.47. The van der Waals surface area contributed by atoms with Crippen molar-refractivity contribution < 1.29 is 4.79 Å². The molecule has 1 aromatic heterocycles. The van der Waals surface area contributed by atoms with Gasteiger partial charge in [-0.05, 0) is 37.9 Å². The van der Waals surface area contributed by atoms with E-state index in [0.717, 1.165) is 30.6 Å². The second-order valence-corrected chi connectivity index (χ2v) is 8.38. The van der Waals surface area contributed by atoms with E-state index in [4.69, 9.17) is 0 Å². The Morgan fingerprint density at radius 1 is 1.29 bits per heavy atom. The number of rotatable bonds is 7. The van der Waals surface area contributed by atoms with Crippen LogP contribution in [0, 0.1) is 11.8 Å². The molecule has 2 atom stereocenters.